The minimum Gasteiger partial charge on any atom is -0.388 e. The van der Waals surface area contributed by atoms with Crippen LogP contribution in [0.2, 0.25) is 15.1 Å². The van der Waals surface area contributed by atoms with Gasteiger partial charge >= 0.3 is 0 Å². The molecule has 0 radical (unpaired) electrons. The molecule has 0 bridgehead atoms. The second-order valence-corrected chi connectivity index (χ2v) is 5.27. The SMILES string of the molecule is N#C/C(N)=C(\C#N)N=Cc1cnn(-c2c(Cl)cc(Cl)cc2Cl)n1. The van der Waals surface area contributed by atoms with Crippen LogP contribution in [0, 0.1) is 22.7 Å². The van der Waals surface area contributed by atoms with Crippen LogP contribution in [0.3, 0.4) is 0 Å². The Hall–Kier alpha value is -2.58. The first-order valence-electron chi connectivity index (χ1n) is 5.87. The molecule has 1 aromatic carbocycles. The lowest BCUT2D eigenvalue weighted by Gasteiger charge is -2.05. The van der Waals surface area contributed by atoms with E-state index < -0.39 is 0 Å². The zero-order chi connectivity index (χ0) is 17.0. The maximum atomic E-state index is 8.85. The van der Waals surface area contributed by atoms with Crippen molar-refractivity contribution in [2.75, 3.05) is 0 Å². The Balaban J connectivity index is 2.37. The Labute approximate surface area is 145 Å². The Morgan fingerprint density at radius 1 is 1.22 bits per heavy atom. The van der Waals surface area contributed by atoms with E-state index in [1.165, 1.54) is 29.3 Å². The quantitative estimate of drug-likeness (QED) is 0.662. The van der Waals surface area contributed by atoms with Gasteiger partial charge in [-0.3, -0.25) is 0 Å². The highest BCUT2D eigenvalue weighted by Gasteiger charge is 2.12. The molecule has 114 valence electrons. The van der Waals surface area contributed by atoms with Crippen LogP contribution in [-0.2, 0) is 0 Å². The van der Waals surface area contributed by atoms with E-state index in [-0.39, 0.29) is 21.4 Å². The molecule has 2 N–H and O–H groups in total. The molecule has 2 rings (SSSR count). The van der Waals surface area contributed by atoms with Crippen molar-refractivity contribution < 1.29 is 0 Å². The summed E-state index contributed by atoms with van der Waals surface area (Å²) >= 11 is 18.0. The average Bonchev–Trinajstić information content (AvgIpc) is 2.95. The highest BCUT2D eigenvalue weighted by Crippen LogP contribution is 2.31. The lowest BCUT2D eigenvalue weighted by Crippen LogP contribution is -2.01. The van der Waals surface area contributed by atoms with E-state index in [1.807, 2.05) is 0 Å². The summed E-state index contributed by atoms with van der Waals surface area (Å²) in [6.45, 7) is 0. The van der Waals surface area contributed by atoms with Crippen LogP contribution in [0.1, 0.15) is 5.69 Å². The topological polar surface area (TPSA) is 117 Å². The predicted molar refractivity (Wildman–Crippen MR) is 86.4 cm³/mol. The molecule has 0 spiro atoms. The summed E-state index contributed by atoms with van der Waals surface area (Å²) < 4.78 is 0. The molecule has 1 aromatic heterocycles. The van der Waals surface area contributed by atoms with Crippen LogP contribution in [0.4, 0.5) is 0 Å². The summed E-state index contributed by atoms with van der Waals surface area (Å²) in [5.41, 5.74) is 5.49. The van der Waals surface area contributed by atoms with Gasteiger partial charge in [-0.05, 0) is 12.1 Å². The number of benzene rings is 1. The van der Waals surface area contributed by atoms with E-state index in [1.54, 1.807) is 12.1 Å². The lowest BCUT2D eigenvalue weighted by molar-refractivity contribution is 0.751. The third-order valence-electron chi connectivity index (χ3n) is 2.50. The van der Waals surface area contributed by atoms with Crippen LogP contribution in [0.25, 0.3) is 5.69 Å². The van der Waals surface area contributed by atoms with Gasteiger partial charge in [0.1, 0.15) is 29.2 Å². The fourth-order valence-electron chi connectivity index (χ4n) is 1.51. The molecule has 0 aliphatic rings. The number of nitriles is 2. The molecule has 7 nitrogen and oxygen atoms in total. The third-order valence-corrected chi connectivity index (χ3v) is 3.29. The fourth-order valence-corrected chi connectivity index (χ4v) is 2.48. The van der Waals surface area contributed by atoms with Crippen molar-refractivity contribution in [1.29, 1.82) is 10.5 Å². The van der Waals surface area contributed by atoms with Gasteiger partial charge < -0.3 is 5.73 Å². The van der Waals surface area contributed by atoms with Crippen molar-refractivity contribution in [3.05, 3.63) is 50.5 Å². The Morgan fingerprint density at radius 3 is 2.43 bits per heavy atom. The number of aromatic nitrogens is 3. The first kappa shape index (κ1) is 16.8. The molecule has 0 atom stereocenters. The van der Waals surface area contributed by atoms with Gasteiger partial charge in [-0.15, -0.1) is 9.90 Å². The highest BCUT2D eigenvalue weighted by atomic mass is 35.5. The van der Waals surface area contributed by atoms with Crippen LogP contribution in [0.5, 0.6) is 0 Å². The van der Waals surface area contributed by atoms with E-state index in [4.69, 9.17) is 51.1 Å². The first-order valence-corrected chi connectivity index (χ1v) is 7.01. The molecule has 0 saturated carbocycles. The van der Waals surface area contributed by atoms with Crippen LogP contribution < -0.4 is 5.73 Å². The van der Waals surface area contributed by atoms with Gasteiger partial charge in [0.05, 0.1) is 22.5 Å². The van der Waals surface area contributed by atoms with Crippen molar-refractivity contribution in [2.24, 2.45) is 10.7 Å². The van der Waals surface area contributed by atoms with Crippen molar-refractivity contribution in [3.8, 4) is 17.8 Å². The summed E-state index contributed by atoms with van der Waals surface area (Å²) in [7, 11) is 0. The fraction of sp³-hybridized carbons (Fsp3) is 0. The van der Waals surface area contributed by atoms with Gasteiger partial charge in [0.2, 0.25) is 0 Å². The van der Waals surface area contributed by atoms with E-state index >= 15 is 0 Å². The average molecular weight is 367 g/mol. The summed E-state index contributed by atoms with van der Waals surface area (Å²) in [5, 5.41) is 26.5. The number of nitrogens with zero attached hydrogens (tertiary/aromatic N) is 6. The molecule has 0 fully saturated rings. The normalized spacial score (nSPS) is 11.9. The van der Waals surface area contributed by atoms with Gasteiger partial charge in [-0.2, -0.15) is 15.6 Å². The first-order chi connectivity index (χ1) is 11.0. The summed E-state index contributed by atoms with van der Waals surface area (Å²) in [6, 6.07) is 6.36. The predicted octanol–water partition coefficient (Wildman–Crippen LogP) is 2.86. The number of rotatable bonds is 3. The zero-order valence-corrected chi connectivity index (χ0v) is 13.5. The molecule has 0 unspecified atom stereocenters. The van der Waals surface area contributed by atoms with Crippen molar-refractivity contribution in [2.45, 2.75) is 0 Å². The maximum absolute atomic E-state index is 8.85. The molecule has 0 aliphatic heterocycles. The molecule has 1 heterocycles. The van der Waals surface area contributed by atoms with Crippen molar-refractivity contribution >= 4 is 41.0 Å². The second kappa shape index (κ2) is 7.12. The van der Waals surface area contributed by atoms with Gasteiger partial charge in [0, 0.05) is 5.02 Å². The van der Waals surface area contributed by atoms with E-state index in [0.717, 1.165) is 0 Å². The second-order valence-electron chi connectivity index (χ2n) is 4.02. The number of halogens is 3. The highest BCUT2D eigenvalue weighted by molar-refractivity contribution is 6.40. The van der Waals surface area contributed by atoms with Crippen LogP contribution >= 0.6 is 34.8 Å². The Bertz CT molecular complexity index is 876. The number of hydrogen-bond acceptors (Lipinski definition) is 6. The Kier molecular flexibility index (Phi) is 5.20. The maximum Gasteiger partial charge on any atom is 0.174 e. The minimum atomic E-state index is -0.292. The standard InChI is InChI=1S/C13H6Cl3N7/c14-7-1-9(15)13(10(16)2-7)23-21-6-8(22-23)5-20-12(4-18)11(19)3-17/h1-2,5-6H,19H2/b12-11-,20-5?. The van der Waals surface area contributed by atoms with Gasteiger partial charge in [0.15, 0.2) is 5.70 Å². The number of aliphatic imine (C=N–C) groups is 1. The number of allylic oxidation sites excluding steroid dienone is 2. The smallest absolute Gasteiger partial charge is 0.174 e. The van der Waals surface area contributed by atoms with Gasteiger partial charge in [0.25, 0.3) is 0 Å². The zero-order valence-electron chi connectivity index (χ0n) is 11.2. The molecular formula is C13H6Cl3N7. The monoisotopic (exact) mass is 365 g/mol. The van der Waals surface area contributed by atoms with Crippen molar-refractivity contribution in [3.63, 3.8) is 0 Å². The summed E-state index contributed by atoms with van der Waals surface area (Å²) in [4.78, 5) is 4.99. The molecule has 0 aliphatic carbocycles. The number of hydrogen-bond donors (Lipinski definition) is 1. The third kappa shape index (κ3) is 3.79. The van der Waals surface area contributed by atoms with Crippen LogP contribution in [0.15, 0.2) is 34.7 Å². The number of nitrogens with two attached hydrogens (primary N) is 1. The Morgan fingerprint density at radius 2 is 1.87 bits per heavy atom. The van der Waals surface area contributed by atoms with Crippen molar-refractivity contribution in [1.82, 2.24) is 15.0 Å². The molecular weight excluding hydrogens is 361 g/mol. The molecule has 23 heavy (non-hydrogen) atoms. The summed E-state index contributed by atoms with van der Waals surface area (Å²) in [6.07, 6.45) is 2.62. The van der Waals surface area contributed by atoms with Crippen LogP contribution in [-0.4, -0.2) is 21.2 Å². The molecule has 10 heteroatoms. The van der Waals surface area contributed by atoms with Gasteiger partial charge in [-0.1, -0.05) is 34.8 Å². The largest absolute Gasteiger partial charge is 0.388 e. The lowest BCUT2D eigenvalue weighted by atomic mass is 10.3. The minimum absolute atomic E-state index is 0.218. The van der Waals surface area contributed by atoms with E-state index in [9.17, 15) is 0 Å². The molecule has 0 saturated heterocycles. The van der Waals surface area contributed by atoms with E-state index in [0.29, 0.717) is 16.4 Å². The van der Waals surface area contributed by atoms with E-state index in [2.05, 4.69) is 15.2 Å². The molecule has 2 aromatic rings. The van der Waals surface area contributed by atoms with Gasteiger partial charge in [-0.25, -0.2) is 4.99 Å². The summed E-state index contributed by atoms with van der Waals surface area (Å²) in [5.74, 6) is 0. The molecule has 0 amide bonds.